The molecule has 0 bridgehead atoms. The van der Waals surface area contributed by atoms with Crippen LogP contribution in [0.3, 0.4) is 0 Å². The number of fused-ring (bicyclic) bond motifs is 2. The van der Waals surface area contributed by atoms with Gasteiger partial charge in [0, 0.05) is 50.4 Å². The van der Waals surface area contributed by atoms with Crippen LogP contribution in [0.25, 0.3) is 11.1 Å². The van der Waals surface area contributed by atoms with Crippen LogP contribution in [0.15, 0.2) is 67.3 Å². The monoisotopic (exact) mass is 479 g/mol. The Balaban J connectivity index is 1.33. The lowest BCUT2D eigenvalue weighted by molar-refractivity contribution is 0.0994. The highest BCUT2D eigenvalue weighted by Crippen LogP contribution is 2.37. The number of carbonyl (C=O) groups is 1. The molecule has 5 rings (SSSR count). The van der Waals surface area contributed by atoms with E-state index in [0.29, 0.717) is 31.0 Å². The number of ether oxygens (including phenoxy) is 1. The largest absolute Gasteiger partial charge is 0.493 e. The van der Waals surface area contributed by atoms with Crippen LogP contribution < -0.4 is 14.5 Å². The van der Waals surface area contributed by atoms with Crippen molar-refractivity contribution in [3.63, 3.8) is 0 Å². The molecule has 182 valence electrons. The van der Waals surface area contributed by atoms with Gasteiger partial charge in [-0.2, -0.15) is 0 Å². The summed E-state index contributed by atoms with van der Waals surface area (Å²) in [7, 11) is 1.78. The molecule has 4 aromatic rings. The van der Waals surface area contributed by atoms with Gasteiger partial charge in [-0.25, -0.2) is 9.97 Å². The van der Waals surface area contributed by atoms with Gasteiger partial charge in [-0.1, -0.05) is 6.07 Å². The van der Waals surface area contributed by atoms with E-state index in [1.807, 2.05) is 67.7 Å². The van der Waals surface area contributed by atoms with Crippen molar-refractivity contribution in [1.82, 2.24) is 15.0 Å². The van der Waals surface area contributed by atoms with Crippen molar-refractivity contribution >= 4 is 23.2 Å². The average Bonchev–Trinajstić information content (AvgIpc) is 2.98. The minimum atomic E-state index is -0.0948. The van der Waals surface area contributed by atoms with Crippen LogP contribution in [0.5, 0.6) is 5.75 Å². The zero-order valence-corrected chi connectivity index (χ0v) is 21.0. The Morgan fingerprint density at radius 3 is 2.56 bits per heavy atom. The maximum absolute atomic E-state index is 13.3. The molecule has 1 aliphatic rings. The molecule has 0 unspecified atom stereocenters. The standard InChI is InChI=1S/C29H29N5O2/c1-5-34-27-23(29(35)33(4)25-7-6-12-31-28(25)34)16-21(17-32-27)11-14-36-26-9-8-22(15-20(26)3)24-18-30-13-10-19(24)2/h6-10,12-13,15-18H,5,11,14H2,1-4H3. The van der Waals surface area contributed by atoms with Gasteiger partial charge in [0.2, 0.25) is 0 Å². The predicted octanol–water partition coefficient (Wildman–Crippen LogP) is 5.52. The van der Waals surface area contributed by atoms with Crippen LogP contribution in [-0.2, 0) is 6.42 Å². The lowest BCUT2D eigenvalue weighted by Gasteiger charge is -2.22. The summed E-state index contributed by atoms with van der Waals surface area (Å²) < 4.78 is 6.11. The van der Waals surface area contributed by atoms with E-state index in [-0.39, 0.29) is 5.91 Å². The topological polar surface area (TPSA) is 71.5 Å². The van der Waals surface area contributed by atoms with Gasteiger partial charge in [0.25, 0.3) is 5.91 Å². The maximum atomic E-state index is 13.3. The number of carbonyl (C=O) groups excluding carboxylic acids is 1. The third-order valence-corrected chi connectivity index (χ3v) is 6.59. The molecule has 0 aliphatic carbocycles. The molecule has 0 atom stereocenters. The summed E-state index contributed by atoms with van der Waals surface area (Å²) in [6.07, 6.45) is 7.90. The number of hydrogen-bond donors (Lipinski definition) is 0. The molecule has 0 N–H and O–H groups in total. The highest BCUT2D eigenvalue weighted by Gasteiger charge is 2.30. The quantitative estimate of drug-likeness (QED) is 0.362. The van der Waals surface area contributed by atoms with Crippen molar-refractivity contribution in [2.45, 2.75) is 27.2 Å². The van der Waals surface area contributed by atoms with Gasteiger partial charge in [-0.05, 0) is 79.4 Å². The third kappa shape index (κ3) is 4.28. The zero-order chi connectivity index (χ0) is 25.2. The van der Waals surface area contributed by atoms with Crippen LogP contribution in [0.1, 0.15) is 34.0 Å². The molecule has 1 amide bonds. The molecule has 0 saturated carbocycles. The van der Waals surface area contributed by atoms with E-state index in [4.69, 9.17) is 4.74 Å². The number of nitrogens with zero attached hydrogens (tertiary/aromatic N) is 5. The molecule has 3 aromatic heterocycles. The highest BCUT2D eigenvalue weighted by molar-refractivity contribution is 6.12. The number of hydrogen-bond acceptors (Lipinski definition) is 6. The Labute approximate surface area is 211 Å². The SMILES string of the molecule is CCN1c2ncc(CCOc3ccc(-c4cnccc4C)cc3C)cc2C(=O)N(C)c2cccnc21. The van der Waals surface area contributed by atoms with Crippen molar-refractivity contribution < 1.29 is 9.53 Å². The smallest absolute Gasteiger partial charge is 0.261 e. The van der Waals surface area contributed by atoms with Gasteiger partial charge in [0.1, 0.15) is 11.6 Å². The van der Waals surface area contributed by atoms with Gasteiger partial charge >= 0.3 is 0 Å². The summed E-state index contributed by atoms with van der Waals surface area (Å²) >= 11 is 0. The molecule has 0 fully saturated rings. The molecule has 4 heterocycles. The molecule has 0 saturated heterocycles. The maximum Gasteiger partial charge on any atom is 0.261 e. The lowest BCUT2D eigenvalue weighted by Crippen LogP contribution is -2.25. The van der Waals surface area contributed by atoms with Gasteiger partial charge in [-0.15, -0.1) is 0 Å². The second kappa shape index (κ2) is 9.77. The predicted molar refractivity (Wildman–Crippen MR) is 142 cm³/mol. The van der Waals surface area contributed by atoms with Crippen molar-refractivity contribution in [3.8, 4) is 16.9 Å². The van der Waals surface area contributed by atoms with E-state index in [0.717, 1.165) is 39.5 Å². The lowest BCUT2D eigenvalue weighted by atomic mass is 10.0. The fourth-order valence-electron chi connectivity index (χ4n) is 4.58. The first-order chi connectivity index (χ1) is 17.5. The van der Waals surface area contributed by atoms with E-state index in [1.54, 1.807) is 18.1 Å². The molecule has 0 radical (unpaired) electrons. The van der Waals surface area contributed by atoms with Crippen molar-refractivity contribution in [3.05, 3.63) is 89.5 Å². The molecule has 7 heteroatoms. The number of benzene rings is 1. The van der Waals surface area contributed by atoms with E-state index >= 15 is 0 Å². The summed E-state index contributed by atoms with van der Waals surface area (Å²) in [5.41, 5.74) is 6.79. The number of rotatable bonds is 6. The van der Waals surface area contributed by atoms with Gasteiger partial charge in [-0.3, -0.25) is 9.78 Å². The van der Waals surface area contributed by atoms with Crippen LogP contribution in [0, 0.1) is 13.8 Å². The van der Waals surface area contributed by atoms with Crippen LogP contribution in [0.4, 0.5) is 17.3 Å². The third-order valence-electron chi connectivity index (χ3n) is 6.59. The van der Waals surface area contributed by atoms with Crippen LogP contribution in [0.2, 0.25) is 0 Å². The van der Waals surface area contributed by atoms with E-state index in [9.17, 15) is 4.79 Å². The zero-order valence-electron chi connectivity index (χ0n) is 21.0. The molecule has 1 aromatic carbocycles. The molecule has 36 heavy (non-hydrogen) atoms. The van der Waals surface area contributed by atoms with E-state index in [1.165, 1.54) is 5.56 Å². The van der Waals surface area contributed by atoms with Crippen molar-refractivity contribution in [2.24, 2.45) is 0 Å². The number of aryl methyl sites for hydroxylation is 2. The first-order valence-corrected chi connectivity index (χ1v) is 12.1. The molecule has 7 nitrogen and oxygen atoms in total. The summed E-state index contributed by atoms with van der Waals surface area (Å²) in [5.74, 6) is 2.12. The molecule has 1 aliphatic heterocycles. The summed E-state index contributed by atoms with van der Waals surface area (Å²) in [6.45, 7) is 7.30. The minimum Gasteiger partial charge on any atom is -0.493 e. The summed E-state index contributed by atoms with van der Waals surface area (Å²) in [6, 6.07) is 13.9. The van der Waals surface area contributed by atoms with E-state index in [2.05, 4.69) is 34.0 Å². The fourth-order valence-corrected chi connectivity index (χ4v) is 4.58. The summed E-state index contributed by atoms with van der Waals surface area (Å²) in [5, 5.41) is 0. The van der Waals surface area contributed by atoms with Crippen LogP contribution >= 0.6 is 0 Å². The van der Waals surface area contributed by atoms with Crippen molar-refractivity contribution in [2.75, 3.05) is 30.0 Å². The normalized spacial score (nSPS) is 12.7. The molecular weight excluding hydrogens is 450 g/mol. The first kappa shape index (κ1) is 23.5. The second-order valence-electron chi connectivity index (χ2n) is 8.94. The molecular formula is C29H29N5O2. The average molecular weight is 480 g/mol. The summed E-state index contributed by atoms with van der Waals surface area (Å²) in [4.78, 5) is 30.4. The number of aromatic nitrogens is 3. The van der Waals surface area contributed by atoms with Gasteiger partial charge in [0.05, 0.1) is 17.9 Å². The van der Waals surface area contributed by atoms with Gasteiger partial charge < -0.3 is 14.5 Å². The number of amides is 1. The van der Waals surface area contributed by atoms with Gasteiger partial charge in [0.15, 0.2) is 5.82 Å². The Morgan fingerprint density at radius 2 is 1.78 bits per heavy atom. The Kier molecular flexibility index (Phi) is 6.38. The fraction of sp³-hybridized carbons (Fsp3) is 0.241. The second-order valence-corrected chi connectivity index (χ2v) is 8.94. The van der Waals surface area contributed by atoms with E-state index < -0.39 is 0 Å². The first-order valence-electron chi connectivity index (χ1n) is 12.1. The van der Waals surface area contributed by atoms with Crippen LogP contribution in [-0.4, -0.2) is 41.1 Å². The minimum absolute atomic E-state index is 0.0948. The number of anilines is 3. The molecule has 0 spiro atoms. The highest BCUT2D eigenvalue weighted by atomic mass is 16.5. The number of pyridine rings is 3. The van der Waals surface area contributed by atoms with Crippen molar-refractivity contribution in [1.29, 1.82) is 0 Å². The Hall–Kier alpha value is -4.26. The Bertz CT molecular complexity index is 1440. The Morgan fingerprint density at radius 1 is 0.917 bits per heavy atom.